The summed E-state index contributed by atoms with van der Waals surface area (Å²) in [6.45, 7) is 2.98. The molecule has 98 valence electrons. The maximum absolute atomic E-state index is 13.4. The number of benzene rings is 1. The van der Waals surface area contributed by atoms with Crippen LogP contribution >= 0.6 is 0 Å². The van der Waals surface area contributed by atoms with Crippen molar-refractivity contribution in [3.8, 4) is 0 Å². The maximum Gasteiger partial charge on any atom is 0.227 e. The quantitative estimate of drug-likeness (QED) is 0.886. The Hall–Kier alpha value is -1.42. The van der Waals surface area contributed by atoms with Crippen molar-refractivity contribution in [2.45, 2.75) is 25.9 Å². The lowest BCUT2D eigenvalue weighted by molar-refractivity contribution is -0.129. The van der Waals surface area contributed by atoms with Crippen LogP contribution in [0.15, 0.2) is 24.3 Å². The monoisotopic (exact) mass is 251 g/mol. The van der Waals surface area contributed by atoms with Crippen molar-refractivity contribution in [2.24, 2.45) is 5.92 Å². The maximum atomic E-state index is 13.4. The number of aliphatic hydroxyl groups is 1. The molecule has 2 rings (SSSR count). The summed E-state index contributed by atoms with van der Waals surface area (Å²) in [5, 5.41) is 9.49. The van der Waals surface area contributed by atoms with Crippen molar-refractivity contribution in [3.63, 3.8) is 0 Å². The van der Waals surface area contributed by atoms with Crippen LogP contribution in [-0.4, -0.2) is 35.1 Å². The van der Waals surface area contributed by atoms with Gasteiger partial charge in [0.1, 0.15) is 5.82 Å². The summed E-state index contributed by atoms with van der Waals surface area (Å²) in [5.74, 6) is -0.255. The molecule has 1 aliphatic heterocycles. The Kier molecular flexibility index (Phi) is 3.97. The third-order valence-electron chi connectivity index (χ3n) is 3.56. The molecule has 1 saturated heterocycles. The van der Waals surface area contributed by atoms with E-state index < -0.39 is 6.10 Å². The Labute approximate surface area is 106 Å². The number of carbonyl (C=O) groups excluding carboxylic acids is 1. The van der Waals surface area contributed by atoms with E-state index in [-0.39, 0.29) is 24.1 Å². The summed E-state index contributed by atoms with van der Waals surface area (Å²) in [4.78, 5) is 13.7. The minimum Gasteiger partial charge on any atom is -0.393 e. The van der Waals surface area contributed by atoms with Gasteiger partial charge in [-0.15, -0.1) is 0 Å². The van der Waals surface area contributed by atoms with Gasteiger partial charge in [0.15, 0.2) is 0 Å². The second-order valence-electron chi connectivity index (χ2n) is 4.90. The molecule has 4 heteroatoms. The van der Waals surface area contributed by atoms with Crippen LogP contribution in [0.4, 0.5) is 4.39 Å². The molecule has 3 nitrogen and oxygen atoms in total. The first-order valence-electron chi connectivity index (χ1n) is 6.27. The van der Waals surface area contributed by atoms with Gasteiger partial charge >= 0.3 is 0 Å². The molecule has 0 bridgehead atoms. The predicted molar refractivity (Wildman–Crippen MR) is 66.5 cm³/mol. The molecule has 2 atom stereocenters. The number of rotatable bonds is 3. The van der Waals surface area contributed by atoms with E-state index in [4.69, 9.17) is 0 Å². The van der Waals surface area contributed by atoms with Crippen molar-refractivity contribution in [1.29, 1.82) is 0 Å². The molecule has 0 aromatic heterocycles. The molecule has 1 heterocycles. The third kappa shape index (κ3) is 2.88. The first-order valence-corrected chi connectivity index (χ1v) is 6.27. The van der Waals surface area contributed by atoms with Crippen LogP contribution in [0.1, 0.15) is 18.9 Å². The first-order chi connectivity index (χ1) is 8.58. The molecule has 1 aliphatic rings. The SMILES string of the molecule is CC(O)C1CCN(C(=O)Cc2ccccc2F)C1. The van der Waals surface area contributed by atoms with E-state index in [9.17, 15) is 14.3 Å². The summed E-state index contributed by atoms with van der Waals surface area (Å²) >= 11 is 0. The minimum atomic E-state index is -0.392. The van der Waals surface area contributed by atoms with E-state index in [2.05, 4.69) is 0 Å². The van der Waals surface area contributed by atoms with Crippen LogP contribution in [-0.2, 0) is 11.2 Å². The van der Waals surface area contributed by atoms with Crippen molar-refractivity contribution in [3.05, 3.63) is 35.6 Å². The summed E-state index contributed by atoms with van der Waals surface area (Å²) in [6.07, 6.45) is 0.524. The molecule has 1 aromatic rings. The number of aliphatic hydroxyl groups excluding tert-OH is 1. The lowest BCUT2D eigenvalue weighted by atomic mass is 10.0. The summed E-state index contributed by atoms with van der Waals surface area (Å²) in [7, 11) is 0. The third-order valence-corrected chi connectivity index (χ3v) is 3.56. The number of amides is 1. The highest BCUT2D eigenvalue weighted by Crippen LogP contribution is 2.20. The highest BCUT2D eigenvalue weighted by Gasteiger charge is 2.29. The van der Waals surface area contributed by atoms with Gasteiger partial charge in [0.2, 0.25) is 5.91 Å². The zero-order valence-corrected chi connectivity index (χ0v) is 10.5. The van der Waals surface area contributed by atoms with Gasteiger partial charge in [0.25, 0.3) is 0 Å². The predicted octanol–water partition coefficient (Wildman–Crippen LogP) is 1.60. The second-order valence-corrected chi connectivity index (χ2v) is 4.90. The zero-order chi connectivity index (χ0) is 13.1. The number of halogens is 1. The van der Waals surface area contributed by atoms with Crippen molar-refractivity contribution in [2.75, 3.05) is 13.1 Å². The standard InChI is InChI=1S/C14H18FNO2/c1-10(17)12-6-7-16(9-12)14(18)8-11-4-2-3-5-13(11)15/h2-5,10,12,17H,6-9H2,1H3. The van der Waals surface area contributed by atoms with Crippen LogP contribution in [0.2, 0.25) is 0 Å². The normalized spacial score (nSPS) is 21.1. The topological polar surface area (TPSA) is 40.5 Å². The summed E-state index contributed by atoms with van der Waals surface area (Å²) < 4.78 is 13.4. The van der Waals surface area contributed by atoms with Gasteiger partial charge in [-0.2, -0.15) is 0 Å². The molecular weight excluding hydrogens is 233 g/mol. The molecule has 1 fully saturated rings. The van der Waals surface area contributed by atoms with E-state index in [1.165, 1.54) is 6.07 Å². The van der Waals surface area contributed by atoms with Crippen LogP contribution < -0.4 is 0 Å². The van der Waals surface area contributed by atoms with E-state index >= 15 is 0 Å². The molecule has 18 heavy (non-hydrogen) atoms. The Morgan fingerprint density at radius 1 is 1.56 bits per heavy atom. The molecule has 1 N–H and O–H groups in total. The van der Waals surface area contributed by atoms with Gasteiger partial charge in [0.05, 0.1) is 12.5 Å². The molecule has 0 aliphatic carbocycles. The van der Waals surface area contributed by atoms with Crippen molar-refractivity contribution < 1.29 is 14.3 Å². The summed E-state index contributed by atoms with van der Waals surface area (Å²) in [5.41, 5.74) is 0.433. The Morgan fingerprint density at radius 2 is 2.28 bits per heavy atom. The van der Waals surface area contributed by atoms with Gasteiger partial charge in [-0.3, -0.25) is 4.79 Å². The zero-order valence-electron chi connectivity index (χ0n) is 10.5. The van der Waals surface area contributed by atoms with E-state index in [0.29, 0.717) is 18.7 Å². The lowest BCUT2D eigenvalue weighted by Gasteiger charge is -2.17. The molecular formula is C14H18FNO2. The number of nitrogens with zero attached hydrogens (tertiary/aromatic N) is 1. The highest BCUT2D eigenvalue weighted by molar-refractivity contribution is 5.79. The molecule has 0 radical (unpaired) electrons. The largest absolute Gasteiger partial charge is 0.393 e. The van der Waals surface area contributed by atoms with Gasteiger partial charge in [-0.25, -0.2) is 4.39 Å². The second kappa shape index (κ2) is 5.48. The lowest BCUT2D eigenvalue weighted by Crippen LogP contribution is -2.31. The number of likely N-dealkylation sites (tertiary alicyclic amines) is 1. The van der Waals surface area contributed by atoms with Crippen LogP contribution in [0.5, 0.6) is 0 Å². The molecule has 1 aromatic carbocycles. The molecule has 2 unspecified atom stereocenters. The minimum absolute atomic E-state index is 0.0664. The summed E-state index contributed by atoms with van der Waals surface area (Å²) in [6, 6.07) is 6.34. The number of carbonyl (C=O) groups is 1. The number of hydrogen-bond acceptors (Lipinski definition) is 2. The Morgan fingerprint density at radius 3 is 2.89 bits per heavy atom. The van der Waals surface area contributed by atoms with Crippen molar-refractivity contribution >= 4 is 5.91 Å². The van der Waals surface area contributed by atoms with Crippen molar-refractivity contribution in [1.82, 2.24) is 4.90 Å². The molecule has 0 saturated carbocycles. The van der Waals surface area contributed by atoms with E-state index in [1.807, 2.05) is 0 Å². The van der Waals surface area contributed by atoms with Gasteiger partial charge in [0, 0.05) is 19.0 Å². The fourth-order valence-corrected chi connectivity index (χ4v) is 2.32. The Bertz CT molecular complexity index is 434. The highest BCUT2D eigenvalue weighted by atomic mass is 19.1. The fraction of sp³-hybridized carbons (Fsp3) is 0.500. The van der Waals surface area contributed by atoms with E-state index in [0.717, 1.165) is 6.42 Å². The van der Waals surface area contributed by atoms with Crippen LogP contribution in [0, 0.1) is 11.7 Å². The van der Waals surface area contributed by atoms with Crippen LogP contribution in [0.3, 0.4) is 0 Å². The fourth-order valence-electron chi connectivity index (χ4n) is 2.32. The molecule has 0 spiro atoms. The van der Waals surface area contributed by atoms with Gasteiger partial charge in [-0.1, -0.05) is 18.2 Å². The number of hydrogen-bond donors (Lipinski definition) is 1. The van der Waals surface area contributed by atoms with E-state index in [1.54, 1.807) is 30.0 Å². The smallest absolute Gasteiger partial charge is 0.227 e. The van der Waals surface area contributed by atoms with Crippen LogP contribution in [0.25, 0.3) is 0 Å². The first kappa shape index (κ1) is 13.0. The average molecular weight is 251 g/mol. The Balaban J connectivity index is 1.96. The van der Waals surface area contributed by atoms with Gasteiger partial charge < -0.3 is 10.0 Å². The molecule has 1 amide bonds. The van der Waals surface area contributed by atoms with Gasteiger partial charge in [-0.05, 0) is 25.0 Å². The average Bonchev–Trinajstić information content (AvgIpc) is 2.81.